The third-order valence-corrected chi connectivity index (χ3v) is 8.05. The number of hydrogen-bond acceptors (Lipinski definition) is 6. The van der Waals surface area contributed by atoms with E-state index in [0.29, 0.717) is 32.5 Å². The third kappa shape index (κ3) is 4.39. The van der Waals surface area contributed by atoms with Gasteiger partial charge in [0.25, 0.3) is 5.56 Å². The van der Waals surface area contributed by atoms with Crippen LogP contribution >= 0.6 is 34.7 Å². The summed E-state index contributed by atoms with van der Waals surface area (Å²) in [6, 6.07) is 20.8. The van der Waals surface area contributed by atoms with E-state index >= 15 is 0 Å². The Hall–Kier alpha value is -3.00. The molecule has 0 aliphatic heterocycles. The van der Waals surface area contributed by atoms with E-state index in [2.05, 4.69) is 24.0 Å². The molecule has 0 fully saturated rings. The summed E-state index contributed by atoms with van der Waals surface area (Å²) < 4.78 is 2.27. The Morgan fingerprint density at radius 3 is 2.65 bits per heavy atom. The number of carbonyl (C=O) groups is 1. The average Bonchev–Trinajstić information content (AvgIpc) is 3.24. The van der Waals surface area contributed by atoms with Crippen molar-refractivity contribution in [1.82, 2.24) is 14.5 Å². The second-order valence-corrected chi connectivity index (χ2v) is 10.3. The van der Waals surface area contributed by atoms with E-state index in [1.54, 1.807) is 35.0 Å². The number of nitrogens with zero attached hydrogens (tertiary/aromatic N) is 3. The summed E-state index contributed by atoms with van der Waals surface area (Å²) in [6.45, 7) is 2.54. The second kappa shape index (κ2) is 9.70. The number of pyridine rings is 1. The van der Waals surface area contributed by atoms with Crippen molar-refractivity contribution in [3.8, 4) is 0 Å². The van der Waals surface area contributed by atoms with Crippen LogP contribution in [0.15, 0.2) is 82.9 Å². The lowest BCUT2D eigenvalue weighted by Crippen LogP contribution is -2.25. The highest BCUT2D eigenvalue weighted by atomic mass is 35.5. The van der Waals surface area contributed by atoms with Crippen molar-refractivity contribution in [2.24, 2.45) is 0 Å². The van der Waals surface area contributed by atoms with Crippen molar-refractivity contribution in [1.29, 1.82) is 0 Å². The first-order valence-electron chi connectivity index (χ1n) is 10.8. The quantitative estimate of drug-likeness (QED) is 0.145. The minimum atomic E-state index is -0.108. The van der Waals surface area contributed by atoms with Crippen LogP contribution in [-0.2, 0) is 6.54 Å². The van der Waals surface area contributed by atoms with Crippen molar-refractivity contribution >= 4 is 60.9 Å². The smallest absolute Gasteiger partial charge is 0.272 e. The number of benzene rings is 2. The lowest BCUT2D eigenvalue weighted by atomic mass is 10.0. The van der Waals surface area contributed by atoms with Crippen LogP contribution in [0.3, 0.4) is 0 Å². The molecule has 0 aliphatic rings. The number of rotatable bonds is 7. The molecule has 1 atom stereocenters. The van der Waals surface area contributed by atoms with E-state index in [4.69, 9.17) is 16.6 Å². The highest BCUT2D eigenvalue weighted by Crippen LogP contribution is 2.31. The summed E-state index contributed by atoms with van der Waals surface area (Å²) in [7, 11) is 0. The summed E-state index contributed by atoms with van der Waals surface area (Å²) in [5.74, 6) is 0.107. The van der Waals surface area contributed by atoms with Crippen LogP contribution < -0.4 is 5.56 Å². The van der Waals surface area contributed by atoms with Crippen molar-refractivity contribution in [3.05, 3.63) is 99.4 Å². The van der Waals surface area contributed by atoms with Gasteiger partial charge in [-0.15, -0.1) is 11.3 Å². The summed E-state index contributed by atoms with van der Waals surface area (Å²) in [5.41, 5.74) is 2.13. The zero-order chi connectivity index (χ0) is 23.7. The van der Waals surface area contributed by atoms with E-state index < -0.39 is 0 Å². The Kier molecular flexibility index (Phi) is 6.50. The largest absolute Gasteiger partial charge is 0.293 e. The van der Waals surface area contributed by atoms with Crippen molar-refractivity contribution < 1.29 is 4.79 Å². The minimum Gasteiger partial charge on any atom is -0.293 e. The molecule has 2 aromatic carbocycles. The molecular weight excluding hydrogens is 486 g/mol. The number of fused-ring (bicyclic) bond motifs is 3. The highest BCUT2D eigenvalue weighted by molar-refractivity contribution is 7.99. The van der Waals surface area contributed by atoms with Gasteiger partial charge in [-0.25, -0.2) is 9.97 Å². The van der Waals surface area contributed by atoms with Crippen LogP contribution in [0.1, 0.15) is 28.8 Å². The molecule has 3 aromatic heterocycles. The molecular formula is C26H20ClN3O2S2. The fourth-order valence-corrected chi connectivity index (χ4v) is 6.03. The van der Waals surface area contributed by atoms with E-state index in [-0.39, 0.29) is 23.0 Å². The normalized spacial score (nSPS) is 12.3. The molecule has 0 aliphatic carbocycles. The highest BCUT2D eigenvalue weighted by Gasteiger charge is 2.20. The molecule has 5 rings (SSSR count). The third-order valence-electron chi connectivity index (χ3n) is 5.65. The fourth-order valence-electron chi connectivity index (χ4n) is 3.87. The first kappa shape index (κ1) is 22.8. The Balaban J connectivity index is 1.57. The van der Waals surface area contributed by atoms with Gasteiger partial charge in [0, 0.05) is 23.7 Å². The zero-order valence-corrected chi connectivity index (χ0v) is 20.7. The fraction of sp³-hybridized carbons (Fsp3) is 0.154. The Labute approximate surface area is 209 Å². The van der Waals surface area contributed by atoms with Gasteiger partial charge in [-0.3, -0.25) is 14.2 Å². The van der Waals surface area contributed by atoms with Crippen LogP contribution in [0.2, 0.25) is 5.02 Å². The van der Waals surface area contributed by atoms with Crippen LogP contribution in [-0.4, -0.2) is 26.1 Å². The number of halogens is 1. The van der Waals surface area contributed by atoms with Gasteiger partial charge in [-0.2, -0.15) is 0 Å². The number of aromatic nitrogens is 3. The Morgan fingerprint density at radius 2 is 1.85 bits per heavy atom. The van der Waals surface area contributed by atoms with Gasteiger partial charge in [0.05, 0.1) is 16.3 Å². The lowest BCUT2D eigenvalue weighted by molar-refractivity contribution is 0.102. The molecule has 0 radical (unpaired) electrons. The summed E-state index contributed by atoms with van der Waals surface area (Å²) in [5, 5.41) is 1.79. The maximum absolute atomic E-state index is 13.6. The van der Waals surface area contributed by atoms with E-state index in [9.17, 15) is 9.59 Å². The van der Waals surface area contributed by atoms with Gasteiger partial charge >= 0.3 is 0 Å². The molecule has 0 saturated carbocycles. The molecule has 3 heterocycles. The molecule has 0 saturated heterocycles. The molecule has 0 amide bonds. The lowest BCUT2D eigenvalue weighted by Gasteiger charge is -2.17. The van der Waals surface area contributed by atoms with Crippen molar-refractivity contribution in [2.75, 3.05) is 5.75 Å². The minimum absolute atomic E-state index is 0.0873. The molecule has 8 heteroatoms. The second-order valence-electron chi connectivity index (χ2n) is 7.95. The SMILES string of the molecule is CC(Cn1c(SCC(=O)c2ccccc2Cl)nc2c(sc3ncccc32)c1=O)c1ccccc1. The van der Waals surface area contributed by atoms with Crippen LogP contribution in [0, 0.1) is 0 Å². The Bertz CT molecular complexity index is 1560. The van der Waals surface area contributed by atoms with Crippen LogP contribution in [0.5, 0.6) is 0 Å². The molecule has 34 heavy (non-hydrogen) atoms. The maximum Gasteiger partial charge on any atom is 0.272 e. The Morgan fingerprint density at radius 1 is 1.09 bits per heavy atom. The van der Waals surface area contributed by atoms with Gasteiger partial charge in [0.2, 0.25) is 0 Å². The summed E-state index contributed by atoms with van der Waals surface area (Å²) in [6.07, 6.45) is 1.71. The topological polar surface area (TPSA) is 64.8 Å². The molecule has 0 spiro atoms. The monoisotopic (exact) mass is 505 g/mol. The van der Waals surface area contributed by atoms with E-state index in [1.165, 1.54) is 23.1 Å². The van der Waals surface area contributed by atoms with Gasteiger partial charge in [0.1, 0.15) is 9.53 Å². The molecule has 5 aromatic rings. The molecule has 1 unspecified atom stereocenters. The van der Waals surface area contributed by atoms with Gasteiger partial charge in [-0.1, -0.05) is 72.8 Å². The number of Topliss-reactive ketones (excluding diaryl/α,β-unsaturated/α-hetero) is 1. The van der Waals surface area contributed by atoms with Gasteiger partial charge in [0.15, 0.2) is 10.9 Å². The number of carbonyl (C=O) groups excluding carboxylic acids is 1. The first-order chi connectivity index (χ1) is 16.5. The standard InChI is InChI=1S/C26H20ClN3O2S2/c1-16(17-8-3-2-4-9-17)14-30-25(32)23-22(19-11-7-13-28-24(19)34-23)29-26(30)33-15-21(31)18-10-5-6-12-20(18)27/h2-13,16H,14-15H2,1H3. The predicted molar refractivity (Wildman–Crippen MR) is 141 cm³/mol. The average molecular weight is 506 g/mol. The molecule has 170 valence electrons. The number of hydrogen-bond donors (Lipinski definition) is 0. The van der Waals surface area contributed by atoms with Crippen molar-refractivity contribution in [2.45, 2.75) is 24.5 Å². The predicted octanol–water partition coefficient (Wildman–Crippen LogP) is 6.44. The number of thiophene rings is 1. The first-order valence-corrected chi connectivity index (χ1v) is 12.9. The molecule has 0 N–H and O–H groups in total. The van der Waals surface area contributed by atoms with Gasteiger partial charge < -0.3 is 0 Å². The maximum atomic E-state index is 13.6. The number of thioether (sulfide) groups is 1. The zero-order valence-electron chi connectivity index (χ0n) is 18.3. The van der Waals surface area contributed by atoms with Crippen LogP contribution in [0.4, 0.5) is 0 Å². The van der Waals surface area contributed by atoms with Crippen LogP contribution in [0.25, 0.3) is 20.4 Å². The number of ketones is 1. The van der Waals surface area contributed by atoms with E-state index in [0.717, 1.165) is 15.8 Å². The summed E-state index contributed by atoms with van der Waals surface area (Å²) >= 11 is 8.84. The molecule has 5 nitrogen and oxygen atoms in total. The van der Waals surface area contributed by atoms with Gasteiger partial charge in [-0.05, 0) is 35.7 Å². The van der Waals surface area contributed by atoms with E-state index in [1.807, 2.05) is 30.3 Å². The van der Waals surface area contributed by atoms with Crippen molar-refractivity contribution in [3.63, 3.8) is 0 Å². The molecule has 0 bridgehead atoms. The summed E-state index contributed by atoms with van der Waals surface area (Å²) in [4.78, 5) is 36.6.